The molecule has 6 heteroatoms. The first kappa shape index (κ1) is 16.7. The molecule has 1 atom stereocenters. The third-order valence-corrected chi connectivity index (χ3v) is 4.72. The second kappa shape index (κ2) is 7.66. The Morgan fingerprint density at radius 1 is 1.15 bits per heavy atom. The molecular formula is C20H23N5O. The van der Waals surface area contributed by atoms with Gasteiger partial charge in [-0.15, -0.1) is 5.10 Å². The highest BCUT2D eigenvalue weighted by atomic mass is 16.5. The zero-order chi connectivity index (χ0) is 17.8. The van der Waals surface area contributed by atoms with Crippen molar-refractivity contribution in [2.24, 2.45) is 0 Å². The van der Waals surface area contributed by atoms with Crippen LogP contribution in [0.3, 0.4) is 0 Å². The quantitative estimate of drug-likeness (QED) is 0.763. The first-order valence-electron chi connectivity index (χ1n) is 9.07. The number of benzene rings is 1. The fourth-order valence-electron chi connectivity index (χ4n) is 3.30. The minimum atomic E-state index is 0.400. The number of aryl methyl sites for hydroxylation is 1. The van der Waals surface area contributed by atoms with Gasteiger partial charge in [0.05, 0.1) is 12.2 Å². The van der Waals surface area contributed by atoms with Gasteiger partial charge in [-0.25, -0.2) is 0 Å². The number of hydrogen-bond acceptors (Lipinski definition) is 6. The molecule has 4 rings (SSSR count). The SMILES string of the molecule is Cc1ccc(N2CCC[C@@H](NCc3cc(-c4ccccc4)no3)C2)nn1. The Labute approximate surface area is 153 Å². The molecule has 0 amide bonds. The summed E-state index contributed by atoms with van der Waals surface area (Å²) in [5, 5.41) is 16.2. The zero-order valence-corrected chi connectivity index (χ0v) is 14.9. The smallest absolute Gasteiger partial charge is 0.151 e. The molecule has 0 saturated carbocycles. The van der Waals surface area contributed by atoms with E-state index in [9.17, 15) is 0 Å². The van der Waals surface area contributed by atoms with Crippen molar-refractivity contribution in [3.05, 3.63) is 60.0 Å². The Balaban J connectivity index is 1.34. The van der Waals surface area contributed by atoms with Crippen LogP contribution in [-0.4, -0.2) is 34.5 Å². The number of rotatable bonds is 5. The number of nitrogens with zero attached hydrogens (tertiary/aromatic N) is 4. The van der Waals surface area contributed by atoms with E-state index in [0.717, 1.165) is 54.5 Å². The van der Waals surface area contributed by atoms with Crippen molar-refractivity contribution < 1.29 is 4.52 Å². The average molecular weight is 349 g/mol. The summed E-state index contributed by atoms with van der Waals surface area (Å²) in [6.45, 7) is 4.59. The van der Waals surface area contributed by atoms with E-state index in [1.165, 1.54) is 0 Å². The largest absolute Gasteiger partial charge is 0.359 e. The van der Waals surface area contributed by atoms with Crippen LogP contribution in [0.5, 0.6) is 0 Å². The zero-order valence-electron chi connectivity index (χ0n) is 14.9. The Hall–Kier alpha value is -2.73. The Morgan fingerprint density at radius 3 is 2.85 bits per heavy atom. The monoisotopic (exact) mass is 349 g/mol. The lowest BCUT2D eigenvalue weighted by atomic mass is 10.1. The third kappa shape index (κ3) is 3.91. The van der Waals surface area contributed by atoms with Crippen LogP contribution in [-0.2, 0) is 6.54 Å². The van der Waals surface area contributed by atoms with Gasteiger partial charge in [-0.3, -0.25) is 0 Å². The standard InChI is InChI=1S/C20H23N5O/c1-15-9-10-20(23-22-15)25-11-5-8-17(14-25)21-13-18-12-19(24-26-18)16-6-3-2-4-7-16/h2-4,6-7,9-10,12,17,21H,5,8,11,13-14H2,1H3/t17-/m1/s1. The van der Waals surface area contributed by atoms with Crippen LogP contribution in [0, 0.1) is 6.92 Å². The summed E-state index contributed by atoms with van der Waals surface area (Å²) < 4.78 is 5.49. The lowest BCUT2D eigenvalue weighted by molar-refractivity contribution is 0.350. The van der Waals surface area contributed by atoms with Crippen molar-refractivity contribution in [1.82, 2.24) is 20.7 Å². The van der Waals surface area contributed by atoms with E-state index in [2.05, 4.69) is 25.6 Å². The van der Waals surface area contributed by atoms with Crippen LogP contribution >= 0.6 is 0 Å². The van der Waals surface area contributed by atoms with Gasteiger partial charge in [-0.1, -0.05) is 35.5 Å². The normalized spacial score (nSPS) is 17.4. The summed E-state index contributed by atoms with van der Waals surface area (Å²) >= 11 is 0. The van der Waals surface area contributed by atoms with Crippen LogP contribution in [0.2, 0.25) is 0 Å². The van der Waals surface area contributed by atoms with Gasteiger partial charge >= 0.3 is 0 Å². The first-order valence-corrected chi connectivity index (χ1v) is 9.07. The van der Waals surface area contributed by atoms with Crippen LogP contribution in [0.15, 0.2) is 53.1 Å². The van der Waals surface area contributed by atoms with Gasteiger partial charge in [-0.2, -0.15) is 5.10 Å². The number of piperidine rings is 1. The topological polar surface area (TPSA) is 67.1 Å². The molecule has 134 valence electrons. The minimum Gasteiger partial charge on any atom is -0.359 e. The van der Waals surface area contributed by atoms with E-state index in [4.69, 9.17) is 4.52 Å². The first-order chi connectivity index (χ1) is 12.8. The van der Waals surface area contributed by atoms with Crippen molar-refractivity contribution in [2.75, 3.05) is 18.0 Å². The molecule has 2 aromatic heterocycles. The molecule has 6 nitrogen and oxygen atoms in total. The maximum atomic E-state index is 5.49. The molecule has 1 aromatic carbocycles. The second-order valence-corrected chi connectivity index (χ2v) is 6.74. The van der Waals surface area contributed by atoms with E-state index in [1.807, 2.05) is 55.5 Å². The van der Waals surface area contributed by atoms with E-state index >= 15 is 0 Å². The Bertz CT molecular complexity index is 831. The lowest BCUT2D eigenvalue weighted by Crippen LogP contribution is -2.45. The predicted molar refractivity (Wildman–Crippen MR) is 101 cm³/mol. The van der Waals surface area contributed by atoms with E-state index in [0.29, 0.717) is 12.6 Å². The van der Waals surface area contributed by atoms with Crippen LogP contribution < -0.4 is 10.2 Å². The van der Waals surface area contributed by atoms with Gasteiger partial charge in [0, 0.05) is 30.8 Å². The van der Waals surface area contributed by atoms with Gasteiger partial charge in [0.1, 0.15) is 5.69 Å². The van der Waals surface area contributed by atoms with Gasteiger partial charge in [-0.05, 0) is 31.9 Å². The molecular weight excluding hydrogens is 326 g/mol. The summed E-state index contributed by atoms with van der Waals surface area (Å²) in [6, 6.07) is 16.6. The molecule has 0 spiro atoms. The highest BCUT2D eigenvalue weighted by Gasteiger charge is 2.21. The summed E-state index contributed by atoms with van der Waals surface area (Å²) in [5.74, 6) is 1.81. The van der Waals surface area contributed by atoms with Gasteiger partial charge in [0.2, 0.25) is 0 Å². The van der Waals surface area contributed by atoms with Crippen LogP contribution in [0.25, 0.3) is 11.3 Å². The maximum Gasteiger partial charge on any atom is 0.151 e. The number of anilines is 1. The van der Waals surface area contributed by atoms with Gasteiger partial charge in [0.15, 0.2) is 11.6 Å². The molecule has 1 aliphatic heterocycles. The summed E-state index contributed by atoms with van der Waals surface area (Å²) in [4.78, 5) is 2.30. The Morgan fingerprint density at radius 2 is 2.04 bits per heavy atom. The highest BCUT2D eigenvalue weighted by molar-refractivity contribution is 5.58. The fraction of sp³-hybridized carbons (Fsp3) is 0.350. The molecule has 0 aliphatic carbocycles. The molecule has 1 aliphatic rings. The second-order valence-electron chi connectivity index (χ2n) is 6.74. The summed E-state index contributed by atoms with van der Waals surface area (Å²) in [5.41, 5.74) is 2.90. The summed E-state index contributed by atoms with van der Waals surface area (Å²) in [7, 11) is 0. The predicted octanol–water partition coefficient (Wildman–Crippen LogP) is 3.20. The van der Waals surface area contributed by atoms with Gasteiger partial charge < -0.3 is 14.7 Å². The minimum absolute atomic E-state index is 0.400. The molecule has 3 aromatic rings. The molecule has 0 bridgehead atoms. The van der Waals surface area contributed by atoms with Crippen LogP contribution in [0.4, 0.5) is 5.82 Å². The van der Waals surface area contributed by atoms with Crippen LogP contribution in [0.1, 0.15) is 24.3 Å². The van der Waals surface area contributed by atoms with Crippen molar-refractivity contribution in [3.8, 4) is 11.3 Å². The number of nitrogens with one attached hydrogen (secondary N) is 1. The van der Waals surface area contributed by atoms with Crippen molar-refractivity contribution in [1.29, 1.82) is 0 Å². The molecule has 1 fully saturated rings. The van der Waals surface area contributed by atoms with E-state index < -0.39 is 0 Å². The van der Waals surface area contributed by atoms with Crippen molar-refractivity contribution >= 4 is 5.82 Å². The van der Waals surface area contributed by atoms with Gasteiger partial charge in [0.25, 0.3) is 0 Å². The number of hydrogen-bond donors (Lipinski definition) is 1. The maximum absolute atomic E-state index is 5.49. The van der Waals surface area contributed by atoms with Crippen molar-refractivity contribution in [3.63, 3.8) is 0 Å². The van der Waals surface area contributed by atoms with E-state index in [-0.39, 0.29) is 0 Å². The fourth-order valence-corrected chi connectivity index (χ4v) is 3.30. The Kier molecular flexibility index (Phi) is 4.93. The molecule has 26 heavy (non-hydrogen) atoms. The molecule has 1 N–H and O–H groups in total. The molecule has 1 saturated heterocycles. The number of aromatic nitrogens is 3. The summed E-state index contributed by atoms with van der Waals surface area (Å²) in [6.07, 6.45) is 2.29. The molecule has 3 heterocycles. The molecule has 0 radical (unpaired) electrons. The molecule has 0 unspecified atom stereocenters. The average Bonchev–Trinajstić information content (AvgIpc) is 3.17. The van der Waals surface area contributed by atoms with E-state index in [1.54, 1.807) is 0 Å². The van der Waals surface area contributed by atoms with Crippen molar-refractivity contribution in [2.45, 2.75) is 32.4 Å². The highest BCUT2D eigenvalue weighted by Crippen LogP contribution is 2.20. The lowest BCUT2D eigenvalue weighted by Gasteiger charge is -2.33. The third-order valence-electron chi connectivity index (χ3n) is 4.72.